The molecule has 0 radical (unpaired) electrons. The first-order valence-corrected chi connectivity index (χ1v) is 28.3. The van der Waals surface area contributed by atoms with E-state index in [0.29, 0.717) is 19.3 Å². The first-order valence-electron chi connectivity index (χ1n) is 28.3. The van der Waals surface area contributed by atoms with Crippen molar-refractivity contribution in [1.82, 2.24) is 0 Å². The van der Waals surface area contributed by atoms with Gasteiger partial charge in [-0.1, -0.05) is 209 Å². The van der Waals surface area contributed by atoms with Crippen molar-refractivity contribution in [3.8, 4) is 0 Å². The van der Waals surface area contributed by atoms with Crippen LogP contribution in [0.5, 0.6) is 0 Å². The van der Waals surface area contributed by atoms with E-state index in [9.17, 15) is 19.5 Å². The summed E-state index contributed by atoms with van der Waals surface area (Å²) < 4.78 is 17.4. The molecule has 0 aromatic rings. The highest BCUT2D eigenvalue weighted by molar-refractivity contribution is 5.72. The number of aliphatic carboxylic acids is 1. The summed E-state index contributed by atoms with van der Waals surface area (Å²) in [5, 5.41) is 9.67. The molecule has 2 atom stereocenters. The van der Waals surface area contributed by atoms with Crippen LogP contribution in [0.2, 0.25) is 0 Å². The average molecular weight is 956 g/mol. The summed E-state index contributed by atoms with van der Waals surface area (Å²) in [5.74, 6) is -1.49. The van der Waals surface area contributed by atoms with E-state index in [-0.39, 0.29) is 36.2 Å². The van der Waals surface area contributed by atoms with Crippen LogP contribution in [0.15, 0.2) is 60.8 Å². The lowest BCUT2D eigenvalue weighted by atomic mass is 10.0. The Kier molecular flexibility index (Phi) is 48.2. The second-order valence-corrected chi connectivity index (χ2v) is 20.2. The maximum Gasteiger partial charge on any atom is 0.362 e. The van der Waals surface area contributed by atoms with Crippen LogP contribution in [0.3, 0.4) is 0 Å². The number of nitrogens with zero attached hydrogens (tertiary/aromatic N) is 1. The van der Waals surface area contributed by atoms with E-state index >= 15 is 0 Å². The Morgan fingerprint density at radius 1 is 0.441 bits per heavy atom. The van der Waals surface area contributed by atoms with Gasteiger partial charge in [-0.2, -0.15) is 0 Å². The average Bonchev–Trinajstić information content (AvgIpc) is 3.30. The van der Waals surface area contributed by atoms with Gasteiger partial charge in [-0.05, 0) is 83.5 Å². The number of carbonyl (C=O) groups is 3. The van der Waals surface area contributed by atoms with Crippen molar-refractivity contribution in [2.45, 2.75) is 264 Å². The van der Waals surface area contributed by atoms with Gasteiger partial charge in [0.15, 0.2) is 12.1 Å². The third-order valence-electron chi connectivity index (χ3n) is 12.6. The Morgan fingerprint density at radius 2 is 0.779 bits per heavy atom. The van der Waals surface area contributed by atoms with Crippen molar-refractivity contribution < 1.29 is 38.2 Å². The number of carbonyl (C=O) groups excluding carboxylic acids is 2. The zero-order valence-electron chi connectivity index (χ0n) is 45.1. The lowest BCUT2D eigenvalue weighted by Crippen LogP contribution is -2.50. The van der Waals surface area contributed by atoms with Crippen LogP contribution in [-0.4, -0.2) is 80.6 Å². The molecule has 68 heavy (non-hydrogen) atoms. The minimum atomic E-state index is -0.878. The number of carboxylic acids is 1. The van der Waals surface area contributed by atoms with Gasteiger partial charge in [0.05, 0.1) is 34.4 Å². The SMILES string of the molecule is CCCCC/C=C/C/C=C/C/C=C/C/C=C/CCCCCCCC(=O)OC(COCCC(C(=O)O)[N+](C)(C)C)COC(=O)CCCCCCCCC/C=C/CCCCCCCCCCCCCC. The zero-order valence-corrected chi connectivity index (χ0v) is 45.1. The fourth-order valence-electron chi connectivity index (χ4n) is 8.25. The Labute approximate surface area is 419 Å². The van der Waals surface area contributed by atoms with Gasteiger partial charge in [0.2, 0.25) is 0 Å². The van der Waals surface area contributed by atoms with Crippen LogP contribution in [0.1, 0.15) is 251 Å². The molecule has 0 rings (SSSR count). The van der Waals surface area contributed by atoms with Gasteiger partial charge in [0.25, 0.3) is 0 Å². The number of allylic oxidation sites excluding steroid dienone is 10. The fourth-order valence-corrected chi connectivity index (χ4v) is 8.25. The molecule has 1 N–H and O–H groups in total. The summed E-state index contributed by atoms with van der Waals surface area (Å²) in [6, 6.07) is -0.622. The summed E-state index contributed by atoms with van der Waals surface area (Å²) >= 11 is 0. The smallest absolute Gasteiger partial charge is 0.362 e. The molecule has 394 valence electrons. The Balaban J connectivity index is 4.23. The molecule has 0 saturated heterocycles. The van der Waals surface area contributed by atoms with Crippen molar-refractivity contribution >= 4 is 17.9 Å². The predicted octanol–water partition coefficient (Wildman–Crippen LogP) is 16.9. The summed E-state index contributed by atoms with van der Waals surface area (Å²) in [5.41, 5.74) is 0. The summed E-state index contributed by atoms with van der Waals surface area (Å²) in [4.78, 5) is 37.3. The number of hydrogen-bond donors (Lipinski definition) is 1. The minimum Gasteiger partial charge on any atom is -0.477 e. The normalized spacial score (nSPS) is 13.2. The maximum absolute atomic E-state index is 12.8. The fraction of sp³-hybridized carbons (Fsp3) is 0.783. The van der Waals surface area contributed by atoms with Gasteiger partial charge < -0.3 is 23.8 Å². The highest BCUT2D eigenvalue weighted by atomic mass is 16.6. The number of quaternary nitrogens is 1. The standard InChI is InChI=1S/C60H107NO7/c1-6-8-10-12-14-16-18-20-22-24-26-28-29-31-32-34-36-38-40-42-44-46-48-50-58(62)67-55-56(54-66-53-52-57(60(64)65)61(3,4)5)68-59(63)51-49-47-45-43-41-39-37-35-33-30-27-25-23-21-19-17-15-13-11-9-7-2/h15,17,21,23,27,30-32,35,37,56-57H,6-14,16,18-20,22,24-26,28-29,33-34,36,38-55H2,1-5H3/p+1/b17-15+,23-21+,30-27+,32-31+,37-35+. The van der Waals surface area contributed by atoms with E-state index in [2.05, 4.69) is 74.6 Å². The number of likely N-dealkylation sites (N-methyl/N-ethyl adjacent to an activating group) is 1. The van der Waals surface area contributed by atoms with E-state index in [1.165, 1.54) is 141 Å². The molecule has 0 aliphatic heterocycles. The lowest BCUT2D eigenvalue weighted by molar-refractivity contribution is -0.887. The second kappa shape index (κ2) is 50.4. The van der Waals surface area contributed by atoms with Crippen LogP contribution < -0.4 is 0 Å². The van der Waals surface area contributed by atoms with Crippen molar-refractivity contribution in [3.05, 3.63) is 60.8 Å². The van der Waals surface area contributed by atoms with Crippen LogP contribution in [0.25, 0.3) is 0 Å². The van der Waals surface area contributed by atoms with E-state index in [4.69, 9.17) is 14.2 Å². The third-order valence-corrected chi connectivity index (χ3v) is 12.6. The first kappa shape index (κ1) is 65.0. The zero-order chi connectivity index (χ0) is 49.9. The number of esters is 2. The molecule has 0 heterocycles. The molecule has 2 unspecified atom stereocenters. The number of ether oxygens (including phenoxy) is 3. The van der Waals surface area contributed by atoms with Crippen LogP contribution >= 0.6 is 0 Å². The molecular formula is C60H108NO7+. The van der Waals surface area contributed by atoms with Crippen molar-refractivity contribution in [3.63, 3.8) is 0 Å². The second-order valence-electron chi connectivity index (χ2n) is 20.2. The molecule has 0 amide bonds. The van der Waals surface area contributed by atoms with Crippen LogP contribution in [-0.2, 0) is 28.6 Å². The highest BCUT2D eigenvalue weighted by Gasteiger charge is 2.31. The third kappa shape index (κ3) is 48.1. The number of carboxylic acid groups (broad SMARTS) is 1. The van der Waals surface area contributed by atoms with Gasteiger partial charge in [-0.25, -0.2) is 4.79 Å². The molecule has 0 bridgehead atoms. The Hall–Kier alpha value is -2.97. The van der Waals surface area contributed by atoms with Gasteiger partial charge in [-0.15, -0.1) is 0 Å². The van der Waals surface area contributed by atoms with Gasteiger partial charge in [0, 0.05) is 19.3 Å². The van der Waals surface area contributed by atoms with E-state index < -0.39 is 18.1 Å². The summed E-state index contributed by atoms with van der Waals surface area (Å²) in [6.07, 6.45) is 64.2. The molecule has 8 nitrogen and oxygen atoms in total. The molecule has 8 heteroatoms. The van der Waals surface area contributed by atoms with Gasteiger partial charge in [-0.3, -0.25) is 9.59 Å². The quantitative estimate of drug-likeness (QED) is 0.0281. The van der Waals surface area contributed by atoms with Crippen LogP contribution in [0, 0.1) is 0 Å². The minimum absolute atomic E-state index is 0.0508. The maximum atomic E-state index is 12.8. The number of rotatable bonds is 51. The molecule has 0 aliphatic rings. The molecule has 0 aliphatic carbocycles. The summed E-state index contributed by atoms with van der Waals surface area (Å²) in [6.45, 7) is 4.71. The van der Waals surface area contributed by atoms with E-state index in [0.717, 1.165) is 77.0 Å². The number of hydrogen-bond acceptors (Lipinski definition) is 6. The molecule has 0 fully saturated rings. The lowest BCUT2D eigenvalue weighted by Gasteiger charge is -2.31. The van der Waals surface area contributed by atoms with Crippen molar-refractivity contribution in [2.75, 3.05) is 41.0 Å². The Bertz CT molecular complexity index is 1290. The first-order chi connectivity index (χ1) is 33.1. The number of unbranched alkanes of at least 4 members (excludes halogenated alkanes) is 27. The van der Waals surface area contributed by atoms with Crippen molar-refractivity contribution in [1.29, 1.82) is 0 Å². The van der Waals surface area contributed by atoms with Crippen LogP contribution in [0.4, 0.5) is 0 Å². The summed E-state index contributed by atoms with van der Waals surface area (Å²) in [7, 11) is 5.53. The van der Waals surface area contributed by atoms with Gasteiger partial charge >= 0.3 is 17.9 Å². The largest absolute Gasteiger partial charge is 0.477 e. The molecular weight excluding hydrogens is 847 g/mol. The molecule has 0 aromatic heterocycles. The van der Waals surface area contributed by atoms with Gasteiger partial charge in [0.1, 0.15) is 6.61 Å². The van der Waals surface area contributed by atoms with Crippen molar-refractivity contribution in [2.24, 2.45) is 0 Å². The molecule has 0 aromatic carbocycles. The Morgan fingerprint density at radius 3 is 1.19 bits per heavy atom. The topological polar surface area (TPSA) is 99.1 Å². The molecule has 0 saturated carbocycles. The monoisotopic (exact) mass is 955 g/mol. The highest BCUT2D eigenvalue weighted by Crippen LogP contribution is 2.15. The predicted molar refractivity (Wildman–Crippen MR) is 289 cm³/mol. The van der Waals surface area contributed by atoms with E-state index in [1.54, 1.807) is 0 Å². The molecule has 0 spiro atoms. The van der Waals surface area contributed by atoms with E-state index in [1.807, 2.05) is 21.1 Å².